The Morgan fingerprint density at radius 2 is 1.65 bits per heavy atom. The summed E-state index contributed by atoms with van der Waals surface area (Å²) >= 11 is 0. The Balaban J connectivity index is 1.47. The van der Waals surface area contributed by atoms with Crippen LogP contribution in [0.3, 0.4) is 0 Å². The highest BCUT2D eigenvalue weighted by Crippen LogP contribution is 2.47. The number of hydrogen-bond acceptors (Lipinski definition) is 3. The van der Waals surface area contributed by atoms with Crippen LogP contribution >= 0.6 is 0 Å². The lowest BCUT2D eigenvalue weighted by Gasteiger charge is -2.10. The molecule has 6 aromatic rings. The molecule has 0 fully saturated rings. The summed E-state index contributed by atoms with van der Waals surface area (Å²) in [5.41, 5.74) is 13.7. The first-order chi connectivity index (χ1) is 15.4. The van der Waals surface area contributed by atoms with Crippen molar-refractivity contribution in [2.75, 3.05) is 0 Å². The third kappa shape index (κ3) is 1.84. The number of fused-ring (bicyclic) bond motifs is 14. The average molecular weight is 396 g/mol. The molecule has 144 valence electrons. The molecule has 2 aliphatic rings. The number of imidazole rings is 1. The number of pyridine rings is 3. The van der Waals surface area contributed by atoms with E-state index >= 15 is 0 Å². The Morgan fingerprint density at radius 1 is 0.742 bits per heavy atom. The Labute approximate surface area is 177 Å². The van der Waals surface area contributed by atoms with Crippen LogP contribution in [0.5, 0.6) is 0 Å². The lowest BCUT2D eigenvalue weighted by atomic mass is 9.97. The highest BCUT2D eigenvalue weighted by atomic mass is 15.1. The SMILES string of the molecule is c1ccc2c(c1)Cc1c-2ccc2c1Cc1c-2nc2c3ncccc3c3ccncc3n12. The zero-order chi connectivity index (χ0) is 20.1. The number of nitrogens with zero attached hydrogens (tertiary/aromatic N) is 4. The van der Waals surface area contributed by atoms with Crippen LogP contribution in [0.25, 0.3) is 49.8 Å². The molecule has 0 bridgehead atoms. The average Bonchev–Trinajstić information content (AvgIpc) is 3.49. The summed E-state index contributed by atoms with van der Waals surface area (Å²) in [6, 6.07) is 19.5. The van der Waals surface area contributed by atoms with Gasteiger partial charge in [-0.25, -0.2) is 4.98 Å². The molecular formula is C27H16N4. The quantitative estimate of drug-likeness (QED) is 0.315. The van der Waals surface area contributed by atoms with Crippen molar-refractivity contribution in [2.24, 2.45) is 0 Å². The van der Waals surface area contributed by atoms with Crippen molar-refractivity contribution in [3.63, 3.8) is 0 Å². The maximum absolute atomic E-state index is 5.16. The molecule has 4 heteroatoms. The van der Waals surface area contributed by atoms with E-state index in [-0.39, 0.29) is 0 Å². The molecular weight excluding hydrogens is 380 g/mol. The molecule has 0 saturated heterocycles. The van der Waals surface area contributed by atoms with Crippen molar-refractivity contribution in [3.8, 4) is 22.4 Å². The van der Waals surface area contributed by atoms with E-state index < -0.39 is 0 Å². The van der Waals surface area contributed by atoms with Gasteiger partial charge in [-0.3, -0.25) is 14.4 Å². The molecule has 0 amide bonds. The number of aromatic nitrogens is 4. The molecule has 2 aromatic carbocycles. The Bertz CT molecular complexity index is 1740. The lowest BCUT2D eigenvalue weighted by Crippen LogP contribution is -1.99. The van der Waals surface area contributed by atoms with Crippen LogP contribution in [0.1, 0.15) is 22.4 Å². The summed E-state index contributed by atoms with van der Waals surface area (Å²) in [5, 5.41) is 2.29. The molecule has 0 atom stereocenters. The molecule has 2 aliphatic carbocycles. The van der Waals surface area contributed by atoms with E-state index in [0.717, 1.165) is 40.6 Å². The molecule has 0 spiro atoms. The van der Waals surface area contributed by atoms with Gasteiger partial charge in [0.15, 0.2) is 5.65 Å². The fraction of sp³-hybridized carbons (Fsp3) is 0.0741. The highest BCUT2D eigenvalue weighted by molar-refractivity contribution is 6.10. The minimum absolute atomic E-state index is 0.894. The fourth-order valence-corrected chi connectivity index (χ4v) is 5.71. The van der Waals surface area contributed by atoms with Crippen molar-refractivity contribution in [3.05, 3.63) is 95.6 Å². The van der Waals surface area contributed by atoms with Crippen molar-refractivity contribution < 1.29 is 0 Å². The second-order valence-electron chi connectivity index (χ2n) is 8.49. The minimum atomic E-state index is 0.894. The largest absolute Gasteiger partial charge is 0.292 e. The molecule has 4 nitrogen and oxygen atoms in total. The smallest absolute Gasteiger partial charge is 0.164 e. The van der Waals surface area contributed by atoms with E-state index in [1.807, 2.05) is 24.7 Å². The molecule has 4 aromatic heterocycles. The van der Waals surface area contributed by atoms with Gasteiger partial charge in [0.1, 0.15) is 5.52 Å². The van der Waals surface area contributed by atoms with Gasteiger partial charge in [-0.2, -0.15) is 0 Å². The lowest BCUT2D eigenvalue weighted by molar-refractivity contribution is 1.06. The molecule has 0 saturated carbocycles. The van der Waals surface area contributed by atoms with Crippen LogP contribution in [-0.2, 0) is 12.8 Å². The van der Waals surface area contributed by atoms with E-state index in [9.17, 15) is 0 Å². The second-order valence-corrected chi connectivity index (χ2v) is 8.49. The summed E-state index contributed by atoms with van der Waals surface area (Å²) in [5.74, 6) is 0. The van der Waals surface area contributed by atoms with Gasteiger partial charge in [0.25, 0.3) is 0 Å². The molecule has 4 heterocycles. The minimum Gasteiger partial charge on any atom is -0.292 e. The van der Waals surface area contributed by atoms with Crippen molar-refractivity contribution in [2.45, 2.75) is 12.8 Å². The second kappa shape index (κ2) is 5.35. The third-order valence-corrected chi connectivity index (χ3v) is 7.03. The maximum atomic E-state index is 5.16. The van der Waals surface area contributed by atoms with Crippen LogP contribution in [-0.4, -0.2) is 19.4 Å². The molecule has 0 N–H and O–H groups in total. The van der Waals surface area contributed by atoms with E-state index in [2.05, 4.69) is 57.9 Å². The highest BCUT2D eigenvalue weighted by Gasteiger charge is 2.31. The molecule has 0 aliphatic heterocycles. The normalized spacial score (nSPS) is 13.5. The summed E-state index contributed by atoms with van der Waals surface area (Å²) in [4.78, 5) is 14.3. The van der Waals surface area contributed by atoms with Crippen LogP contribution in [0, 0.1) is 0 Å². The van der Waals surface area contributed by atoms with Crippen molar-refractivity contribution >= 4 is 27.5 Å². The Hall–Kier alpha value is -4.05. The van der Waals surface area contributed by atoms with Gasteiger partial charge in [-0.05, 0) is 46.4 Å². The fourth-order valence-electron chi connectivity index (χ4n) is 5.71. The van der Waals surface area contributed by atoms with Crippen LogP contribution < -0.4 is 0 Å². The van der Waals surface area contributed by atoms with Gasteiger partial charge in [0.2, 0.25) is 0 Å². The summed E-state index contributed by atoms with van der Waals surface area (Å²) in [6.45, 7) is 0. The van der Waals surface area contributed by atoms with Crippen molar-refractivity contribution in [1.29, 1.82) is 0 Å². The van der Waals surface area contributed by atoms with Crippen LogP contribution in [0.2, 0.25) is 0 Å². The summed E-state index contributed by atoms with van der Waals surface area (Å²) in [6.07, 6.45) is 7.57. The standard InChI is InChI=1S/C27H16N4/c1-2-5-16-15(4-1)12-21-17(16)7-8-20-22(21)13-23-25(20)30-27-26-19(6-3-10-29-26)18-9-11-28-14-24(18)31(23)27/h1-11,14H,12-13H2. The van der Waals surface area contributed by atoms with Crippen LogP contribution in [0.15, 0.2) is 73.2 Å². The maximum Gasteiger partial charge on any atom is 0.164 e. The molecule has 0 radical (unpaired) electrons. The van der Waals surface area contributed by atoms with E-state index in [4.69, 9.17) is 9.97 Å². The first kappa shape index (κ1) is 15.7. The predicted octanol–water partition coefficient (Wildman–Crippen LogP) is 5.57. The van der Waals surface area contributed by atoms with Gasteiger partial charge < -0.3 is 0 Å². The topological polar surface area (TPSA) is 43.1 Å². The van der Waals surface area contributed by atoms with E-state index in [1.54, 1.807) is 0 Å². The zero-order valence-electron chi connectivity index (χ0n) is 16.6. The predicted molar refractivity (Wildman–Crippen MR) is 122 cm³/mol. The number of rotatable bonds is 0. The van der Waals surface area contributed by atoms with Crippen LogP contribution in [0.4, 0.5) is 0 Å². The Kier molecular flexibility index (Phi) is 2.72. The number of benzene rings is 2. The Morgan fingerprint density at radius 3 is 2.65 bits per heavy atom. The number of hydrogen-bond donors (Lipinski definition) is 0. The summed E-state index contributed by atoms with van der Waals surface area (Å²) < 4.78 is 2.29. The van der Waals surface area contributed by atoms with Gasteiger partial charge in [0, 0.05) is 35.2 Å². The summed E-state index contributed by atoms with van der Waals surface area (Å²) in [7, 11) is 0. The molecule has 8 rings (SSSR count). The zero-order valence-corrected chi connectivity index (χ0v) is 16.6. The van der Waals surface area contributed by atoms with Gasteiger partial charge in [-0.1, -0.05) is 42.5 Å². The monoisotopic (exact) mass is 396 g/mol. The first-order valence-electron chi connectivity index (χ1n) is 10.6. The van der Waals surface area contributed by atoms with E-state index in [0.29, 0.717) is 0 Å². The van der Waals surface area contributed by atoms with Gasteiger partial charge in [0.05, 0.1) is 23.1 Å². The first-order valence-corrected chi connectivity index (χ1v) is 10.6. The van der Waals surface area contributed by atoms with E-state index in [1.165, 1.54) is 44.5 Å². The van der Waals surface area contributed by atoms with Gasteiger partial charge >= 0.3 is 0 Å². The third-order valence-electron chi connectivity index (χ3n) is 7.03. The van der Waals surface area contributed by atoms with Crippen molar-refractivity contribution in [1.82, 2.24) is 19.4 Å². The van der Waals surface area contributed by atoms with Gasteiger partial charge in [-0.15, -0.1) is 0 Å². The molecule has 31 heavy (non-hydrogen) atoms. The molecule has 0 unspecified atom stereocenters.